The van der Waals surface area contributed by atoms with Gasteiger partial charge in [-0.3, -0.25) is 18.6 Å². The number of allylic oxidation sites excluding steroid dienone is 4. The number of carbonyl (C=O) groups excluding carboxylic acids is 2. The highest BCUT2D eigenvalue weighted by Gasteiger charge is 2.25. The largest absolute Gasteiger partial charge is 0.472 e. The highest BCUT2D eigenvalue weighted by atomic mass is 31.2. The zero-order valence-corrected chi connectivity index (χ0v) is 31.3. The molecule has 2 atom stereocenters. The van der Waals surface area contributed by atoms with Crippen LogP contribution in [0.15, 0.2) is 24.3 Å². The minimum absolute atomic E-state index is 0.000894. The van der Waals surface area contributed by atoms with Gasteiger partial charge < -0.3 is 14.4 Å². The Balaban J connectivity index is 4.17. The molecule has 9 heteroatoms. The van der Waals surface area contributed by atoms with E-state index in [2.05, 4.69) is 38.2 Å². The number of rotatable bonds is 35. The Bertz CT molecular complexity index is 829. The molecule has 2 unspecified atom stereocenters. The highest BCUT2D eigenvalue weighted by Crippen LogP contribution is 2.43. The molecule has 1 N–H and O–H groups in total. The maximum absolute atomic E-state index is 12.5. The first kappa shape index (κ1) is 45.5. The van der Waals surface area contributed by atoms with E-state index in [0.717, 1.165) is 64.2 Å². The van der Waals surface area contributed by atoms with Crippen LogP contribution in [-0.4, -0.2) is 42.8 Å². The lowest BCUT2D eigenvalue weighted by molar-refractivity contribution is -0.161. The molecule has 0 bridgehead atoms. The Morgan fingerprint density at radius 3 is 1.57 bits per heavy atom. The Kier molecular flexibility index (Phi) is 33.3. The molecule has 0 saturated carbocycles. The van der Waals surface area contributed by atoms with Gasteiger partial charge in [0.05, 0.1) is 13.2 Å². The number of carbonyl (C=O) groups is 2. The molecule has 0 aromatic heterocycles. The number of ether oxygens (including phenoxy) is 2. The normalized spacial score (nSPS) is 13.7. The average Bonchev–Trinajstić information content (AvgIpc) is 3.04. The van der Waals surface area contributed by atoms with Gasteiger partial charge in [0.15, 0.2) is 6.10 Å². The van der Waals surface area contributed by atoms with Gasteiger partial charge in [-0.1, -0.05) is 147 Å². The maximum atomic E-state index is 12.5. The van der Waals surface area contributed by atoms with Crippen molar-refractivity contribution in [3.8, 4) is 0 Å². The third kappa shape index (κ3) is 34.2. The van der Waals surface area contributed by atoms with Crippen LogP contribution in [0.25, 0.3) is 0 Å². The molecule has 8 nitrogen and oxygen atoms in total. The number of esters is 2. The molecule has 47 heavy (non-hydrogen) atoms. The number of hydrogen-bond donors (Lipinski definition) is 1. The van der Waals surface area contributed by atoms with Crippen molar-refractivity contribution >= 4 is 19.8 Å². The van der Waals surface area contributed by atoms with E-state index >= 15 is 0 Å². The van der Waals surface area contributed by atoms with Crippen molar-refractivity contribution in [1.82, 2.24) is 0 Å². The van der Waals surface area contributed by atoms with Gasteiger partial charge in [0.2, 0.25) is 0 Å². The van der Waals surface area contributed by atoms with Crippen molar-refractivity contribution in [1.29, 1.82) is 0 Å². The van der Waals surface area contributed by atoms with E-state index in [1.807, 2.05) is 0 Å². The zero-order valence-electron chi connectivity index (χ0n) is 30.4. The SMILES string of the molecule is CCCC/C=C\C/C=C\CCCCCCCC(=O)OC(COC(=O)CCCCCCCCCCCCCCC)COP(=O)(O)OCC. The van der Waals surface area contributed by atoms with E-state index in [4.69, 9.17) is 18.5 Å². The summed E-state index contributed by atoms with van der Waals surface area (Å²) in [7, 11) is -4.27. The summed E-state index contributed by atoms with van der Waals surface area (Å²) >= 11 is 0. The zero-order chi connectivity index (χ0) is 34.7. The van der Waals surface area contributed by atoms with Crippen LogP contribution in [0.5, 0.6) is 0 Å². The lowest BCUT2D eigenvalue weighted by atomic mass is 10.0. The maximum Gasteiger partial charge on any atom is 0.472 e. The van der Waals surface area contributed by atoms with Gasteiger partial charge in [-0.2, -0.15) is 0 Å². The first-order valence-electron chi connectivity index (χ1n) is 19.1. The molecule has 0 aliphatic heterocycles. The highest BCUT2D eigenvalue weighted by molar-refractivity contribution is 7.47. The van der Waals surface area contributed by atoms with E-state index in [0.29, 0.717) is 12.8 Å². The summed E-state index contributed by atoms with van der Waals surface area (Å²) in [6, 6.07) is 0. The molecule has 0 heterocycles. The van der Waals surface area contributed by atoms with Gasteiger partial charge in [0.25, 0.3) is 0 Å². The summed E-state index contributed by atoms with van der Waals surface area (Å²) in [4.78, 5) is 34.6. The number of phosphoric ester groups is 1. The summed E-state index contributed by atoms with van der Waals surface area (Å²) in [6.45, 7) is 5.41. The van der Waals surface area contributed by atoms with Crippen molar-refractivity contribution in [3.63, 3.8) is 0 Å². The Hall–Kier alpha value is -1.47. The van der Waals surface area contributed by atoms with Crippen LogP contribution in [0.4, 0.5) is 0 Å². The molecule has 0 aromatic rings. The molecule has 0 rings (SSSR count). The summed E-state index contributed by atoms with van der Waals surface area (Å²) in [5, 5.41) is 0. The molecule has 276 valence electrons. The van der Waals surface area contributed by atoms with Gasteiger partial charge in [0, 0.05) is 12.8 Å². The average molecular weight is 687 g/mol. The fourth-order valence-electron chi connectivity index (χ4n) is 5.17. The smallest absolute Gasteiger partial charge is 0.462 e. The van der Waals surface area contributed by atoms with Crippen molar-refractivity contribution < 1.29 is 37.6 Å². The summed E-state index contributed by atoms with van der Waals surface area (Å²) in [5.74, 6) is -0.811. The molecule has 0 spiro atoms. The van der Waals surface area contributed by atoms with Gasteiger partial charge in [-0.05, 0) is 45.4 Å². The van der Waals surface area contributed by atoms with Gasteiger partial charge >= 0.3 is 19.8 Å². The lowest BCUT2D eigenvalue weighted by Gasteiger charge is -2.19. The summed E-state index contributed by atoms with van der Waals surface area (Å²) < 4.78 is 32.5. The monoisotopic (exact) mass is 686 g/mol. The van der Waals surface area contributed by atoms with Gasteiger partial charge in [-0.15, -0.1) is 0 Å². The number of phosphoric acid groups is 1. The van der Waals surface area contributed by atoms with E-state index < -0.39 is 26.5 Å². The quantitative estimate of drug-likeness (QED) is 0.0304. The van der Waals surface area contributed by atoms with Gasteiger partial charge in [-0.25, -0.2) is 4.57 Å². The summed E-state index contributed by atoms with van der Waals surface area (Å²) in [6.07, 6.45) is 35.1. The van der Waals surface area contributed by atoms with Crippen LogP contribution >= 0.6 is 7.82 Å². The Morgan fingerprint density at radius 2 is 1.04 bits per heavy atom. The fourth-order valence-corrected chi connectivity index (χ4v) is 5.93. The van der Waals surface area contributed by atoms with Crippen LogP contribution in [0.3, 0.4) is 0 Å². The first-order chi connectivity index (χ1) is 22.8. The molecule has 0 aromatic carbocycles. The molecule has 0 fully saturated rings. The Labute approximate surface area is 288 Å². The summed E-state index contributed by atoms with van der Waals surface area (Å²) in [5.41, 5.74) is 0. The fraction of sp³-hybridized carbons (Fsp3) is 0.842. The van der Waals surface area contributed by atoms with E-state index in [-0.39, 0.29) is 25.6 Å². The molecular weight excluding hydrogens is 615 g/mol. The van der Waals surface area contributed by atoms with Crippen molar-refractivity contribution in [2.45, 2.75) is 187 Å². The minimum Gasteiger partial charge on any atom is -0.462 e. The lowest BCUT2D eigenvalue weighted by Crippen LogP contribution is -2.29. The predicted octanol–water partition coefficient (Wildman–Crippen LogP) is 11.5. The van der Waals surface area contributed by atoms with Crippen LogP contribution in [0.2, 0.25) is 0 Å². The third-order valence-corrected chi connectivity index (χ3v) is 9.07. The van der Waals surface area contributed by atoms with Crippen molar-refractivity contribution in [2.24, 2.45) is 0 Å². The van der Waals surface area contributed by atoms with Crippen molar-refractivity contribution in [2.75, 3.05) is 19.8 Å². The second-order valence-electron chi connectivity index (χ2n) is 12.6. The van der Waals surface area contributed by atoms with Crippen LogP contribution in [-0.2, 0) is 32.7 Å². The second kappa shape index (κ2) is 34.4. The molecule has 0 aliphatic carbocycles. The van der Waals surface area contributed by atoms with Crippen LogP contribution in [0, 0.1) is 0 Å². The van der Waals surface area contributed by atoms with Crippen LogP contribution in [0.1, 0.15) is 181 Å². The van der Waals surface area contributed by atoms with E-state index in [9.17, 15) is 19.0 Å². The standard InChI is InChI=1S/C38H71O8P/c1-4-7-9-11-13-15-17-19-21-23-25-27-29-31-33-38(40)46-36(35-45-47(41,42)44-6-3)34-43-37(39)32-30-28-26-24-22-20-18-16-14-12-10-8-5-2/h11,13,17,19,36H,4-10,12,14-16,18,20-35H2,1-3H3,(H,41,42)/b13-11-,19-17-. The first-order valence-corrected chi connectivity index (χ1v) is 20.6. The second-order valence-corrected chi connectivity index (χ2v) is 14.1. The van der Waals surface area contributed by atoms with Gasteiger partial charge in [0.1, 0.15) is 6.61 Å². The number of unbranched alkanes of at least 4 members (excludes halogenated alkanes) is 19. The topological polar surface area (TPSA) is 108 Å². The van der Waals surface area contributed by atoms with E-state index in [1.165, 1.54) is 77.0 Å². The minimum atomic E-state index is -4.27. The molecule has 0 aliphatic rings. The third-order valence-electron chi connectivity index (χ3n) is 8.01. The molecular formula is C38H71O8P. The number of hydrogen-bond acceptors (Lipinski definition) is 7. The predicted molar refractivity (Wildman–Crippen MR) is 193 cm³/mol. The Morgan fingerprint density at radius 1 is 0.574 bits per heavy atom. The molecule has 0 amide bonds. The van der Waals surface area contributed by atoms with E-state index in [1.54, 1.807) is 6.92 Å². The molecule has 0 saturated heterocycles. The van der Waals surface area contributed by atoms with Crippen LogP contribution < -0.4 is 0 Å². The van der Waals surface area contributed by atoms with Crippen molar-refractivity contribution in [3.05, 3.63) is 24.3 Å². The molecule has 0 radical (unpaired) electrons.